The minimum absolute atomic E-state index is 0.0634. The summed E-state index contributed by atoms with van der Waals surface area (Å²) in [7, 11) is 0. The first kappa shape index (κ1) is 17.4. The van der Waals surface area contributed by atoms with Gasteiger partial charge in [-0.1, -0.05) is 66.7 Å². The lowest BCUT2D eigenvalue weighted by Gasteiger charge is -2.31. The van der Waals surface area contributed by atoms with Crippen molar-refractivity contribution in [3.8, 4) is 5.75 Å². The summed E-state index contributed by atoms with van der Waals surface area (Å²) < 4.78 is 5.59. The van der Waals surface area contributed by atoms with Crippen LogP contribution in [0.25, 0.3) is 0 Å². The maximum atomic E-state index is 13.5. The number of esters is 1. The van der Waals surface area contributed by atoms with Crippen LogP contribution >= 0.6 is 0 Å². The molecule has 1 fully saturated rings. The number of benzene rings is 3. The number of ether oxygens (including phenoxy) is 1. The van der Waals surface area contributed by atoms with E-state index in [2.05, 4.69) is 0 Å². The fraction of sp³-hybridized carbons (Fsp3) is 0.125. The molecular weight excluding hydrogens is 366 g/mol. The average Bonchev–Trinajstić information content (AvgIpc) is 3.22. The summed E-state index contributed by atoms with van der Waals surface area (Å²) in [5.74, 6) is -1.68. The maximum Gasteiger partial charge on any atom is 0.327 e. The van der Waals surface area contributed by atoms with Gasteiger partial charge < -0.3 is 4.74 Å². The Balaban J connectivity index is 1.71. The number of carbonyl (C=O) groups excluding carboxylic acids is 3. The first-order chi connectivity index (χ1) is 14.1. The minimum Gasteiger partial charge on any atom is -0.425 e. The van der Waals surface area contributed by atoms with E-state index in [1.807, 2.05) is 42.5 Å². The SMILES string of the molecule is O=C1C[C@@H]([C@@]2(c3ccccc3)C(=O)Oc3ccccc32)C(=O)N1c1ccccc1. The van der Waals surface area contributed by atoms with Crippen molar-refractivity contribution in [3.63, 3.8) is 0 Å². The highest BCUT2D eigenvalue weighted by atomic mass is 16.5. The summed E-state index contributed by atoms with van der Waals surface area (Å²) in [5.41, 5.74) is 0.426. The van der Waals surface area contributed by atoms with Gasteiger partial charge in [0.1, 0.15) is 11.2 Å². The summed E-state index contributed by atoms with van der Waals surface area (Å²) >= 11 is 0. The Morgan fingerprint density at radius 2 is 1.41 bits per heavy atom. The number of nitrogens with zero attached hydrogens (tertiary/aromatic N) is 1. The van der Waals surface area contributed by atoms with Crippen molar-refractivity contribution in [1.29, 1.82) is 0 Å². The van der Waals surface area contributed by atoms with E-state index in [0.717, 1.165) is 0 Å². The van der Waals surface area contributed by atoms with Gasteiger partial charge in [-0.2, -0.15) is 0 Å². The summed E-state index contributed by atoms with van der Waals surface area (Å²) in [6.07, 6.45) is -0.0634. The van der Waals surface area contributed by atoms with E-state index in [1.54, 1.807) is 42.5 Å². The van der Waals surface area contributed by atoms with Gasteiger partial charge in [0.2, 0.25) is 11.8 Å². The topological polar surface area (TPSA) is 63.7 Å². The molecule has 0 radical (unpaired) electrons. The van der Waals surface area contributed by atoms with E-state index < -0.39 is 23.2 Å². The molecule has 3 aromatic rings. The molecule has 2 atom stereocenters. The van der Waals surface area contributed by atoms with Crippen molar-refractivity contribution in [2.75, 3.05) is 4.90 Å². The Morgan fingerprint density at radius 1 is 0.793 bits per heavy atom. The molecule has 2 aliphatic heterocycles. The van der Waals surface area contributed by atoms with Crippen LogP contribution in [0, 0.1) is 5.92 Å². The molecule has 0 spiro atoms. The Labute approximate surface area is 167 Å². The molecular formula is C24H17NO4. The van der Waals surface area contributed by atoms with Crippen LogP contribution < -0.4 is 9.64 Å². The predicted molar refractivity (Wildman–Crippen MR) is 106 cm³/mol. The van der Waals surface area contributed by atoms with Gasteiger partial charge >= 0.3 is 5.97 Å². The largest absolute Gasteiger partial charge is 0.425 e. The van der Waals surface area contributed by atoms with Crippen molar-refractivity contribution in [2.45, 2.75) is 11.8 Å². The predicted octanol–water partition coefficient (Wildman–Crippen LogP) is 3.47. The minimum atomic E-state index is -1.35. The van der Waals surface area contributed by atoms with Gasteiger partial charge in [0, 0.05) is 12.0 Å². The zero-order chi connectivity index (χ0) is 20.0. The third kappa shape index (κ3) is 2.37. The van der Waals surface area contributed by atoms with Crippen LogP contribution in [0.1, 0.15) is 17.5 Å². The lowest BCUT2D eigenvalue weighted by Crippen LogP contribution is -2.46. The number of anilines is 1. The first-order valence-corrected chi connectivity index (χ1v) is 9.43. The lowest BCUT2D eigenvalue weighted by atomic mass is 9.66. The van der Waals surface area contributed by atoms with Gasteiger partial charge in [0.05, 0.1) is 11.6 Å². The standard InChI is InChI=1S/C24H17NO4/c26-21-15-19(22(27)25(21)17-11-5-2-6-12-17)24(16-9-3-1-4-10-16)18-13-7-8-14-20(18)29-23(24)28/h1-14,19H,15H2/t19-,24+/m1/s1. The summed E-state index contributed by atoms with van der Waals surface area (Å²) in [6.45, 7) is 0. The third-order valence-corrected chi connectivity index (χ3v) is 5.75. The number of carbonyl (C=O) groups is 3. The van der Waals surface area contributed by atoms with Gasteiger partial charge in [-0.05, 0) is 23.8 Å². The highest BCUT2D eigenvalue weighted by Crippen LogP contribution is 2.52. The average molecular weight is 383 g/mol. The lowest BCUT2D eigenvalue weighted by molar-refractivity contribution is -0.141. The van der Waals surface area contributed by atoms with E-state index in [1.165, 1.54) is 4.90 Å². The summed E-state index contributed by atoms with van der Waals surface area (Å²) in [6, 6.07) is 25.0. The van der Waals surface area contributed by atoms with Crippen LogP contribution in [0.3, 0.4) is 0 Å². The molecule has 142 valence electrons. The van der Waals surface area contributed by atoms with E-state index in [9.17, 15) is 14.4 Å². The van der Waals surface area contributed by atoms with Crippen LogP contribution in [0.2, 0.25) is 0 Å². The number of hydrogen-bond acceptors (Lipinski definition) is 4. The first-order valence-electron chi connectivity index (χ1n) is 9.43. The van der Waals surface area contributed by atoms with Gasteiger partial charge in [0.25, 0.3) is 0 Å². The fourth-order valence-corrected chi connectivity index (χ4v) is 4.50. The Bertz CT molecular complexity index is 1130. The molecule has 0 aliphatic carbocycles. The van der Waals surface area contributed by atoms with Gasteiger partial charge in [-0.25, -0.2) is 0 Å². The van der Waals surface area contributed by atoms with Gasteiger partial charge in [-0.15, -0.1) is 0 Å². The van der Waals surface area contributed by atoms with Crippen molar-refractivity contribution in [2.24, 2.45) is 5.92 Å². The number of amides is 2. The van der Waals surface area contributed by atoms with Crippen LogP contribution in [0.4, 0.5) is 5.69 Å². The second kappa shape index (κ2) is 6.41. The second-order valence-corrected chi connectivity index (χ2v) is 7.22. The molecule has 0 saturated carbocycles. The van der Waals surface area contributed by atoms with Gasteiger partial charge in [-0.3, -0.25) is 19.3 Å². The van der Waals surface area contributed by atoms with E-state index >= 15 is 0 Å². The summed E-state index contributed by atoms with van der Waals surface area (Å²) in [5, 5.41) is 0. The molecule has 0 N–H and O–H groups in total. The molecule has 1 saturated heterocycles. The highest BCUT2D eigenvalue weighted by Gasteiger charge is 2.62. The van der Waals surface area contributed by atoms with Crippen LogP contribution in [-0.2, 0) is 19.8 Å². The van der Waals surface area contributed by atoms with Crippen LogP contribution in [0.15, 0.2) is 84.9 Å². The molecule has 2 heterocycles. The van der Waals surface area contributed by atoms with Gasteiger partial charge in [0.15, 0.2) is 0 Å². The number of imide groups is 1. The Kier molecular flexibility index (Phi) is 3.84. The molecule has 5 nitrogen and oxygen atoms in total. The molecule has 5 heteroatoms. The molecule has 0 aromatic heterocycles. The molecule has 0 unspecified atom stereocenters. The Morgan fingerprint density at radius 3 is 2.14 bits per heavy atom. The van der Waals surface area contributed by atoms with Crippen molar-refractivity contribution >= 4 is 23.5 Å². The molecule has 2 amide bonds. The summed E-state index contributed by atoms with van der Waals surface area (Å²) in [4.78, 5) is 40.9. The normalized spacial score (nSPS) is 23.2. The van der Waals surface area contributed by atoms with Crippen molar-refractivity contribution < 1.29 is 19.1 Å². The molecule has 29 heavy (non-hydrogen) atoms. The van der Waals surface area contributed by atoms with E-state index in [4.69, 9.17) is 4.74 Å². The quantitative estimate of drug-likeness (QED) is 0.395. The zero-order valence-electron chi connectivity index (χ0n) is 15.4. The number of para-hydroxylation sites is 2. The molecule has 5 rings (SSSR count). The highest BCUT2D eigenvalue weighted by molar-refractivity contribution is 6.23. The van der Waals surface area contributed by atoms with Crippen molar-refractivity contribution in [1.82, 2.24) is 0 Å². The third-order valence-electron chi connectivity index (χ3n) is 5.75. The molecule has 2 aliphatic rings. The fourth-order valence-electron chi connectivity index (χ4n) is 4.50. The smallest absolute Gasteiger partial charge is 0.327 e. The number of hydrogen-bond donors (Lipinski definition) is 0. The monoisotopic (exact) mass is 383 g/mol. The number of fused-ring (bicyclic) bond motifs is 1. The Hall–Kier alpha value is -3.73. The molecule has 0 bridgehead atoms. The van der Waals surface area contributed by atoms with Crippen LogP contribution in [-0.4, -0.2) is 17.8 Å². The van der Waals surface area contributed by atoms with Crippen LogP contribution in [0.5, 0.6) is 5.75 Å². The number of rotatable bonds is 3. The zero-order valence-corrected chi connectivity index (χ0v) is 15.4. The second-order valence-electron chi connectivity index (χ2n) is 7.22. The maximum absolute atomic E-state index is 13.5. The molecule has 3 aromatic carbocycles. The van der Waals surface area contributed by atoms with Crippen molar-refractivity contribution in [3.05, 3.63) is 96.1 Å². The van der Waals surface area contributed by atoms with E-state index in [0.29, 0.717) is 22.6 Å². The van der Waals surface area contributed by atoms with E-state index in [-0.39, 0.29) is 12.3 Å².